The van der Waals surface area contributed by atoms with E-state index in [-0.39, 0.29) is 6.03 Å². The summed E-state index contributed by atoms with van der Waals surface area (Å²) in [5.41, 5.74) is 5.83. The quantitative estimate of drug-likeness (QED) is 0.823. The van der Waals surface area contributed by atoms with Gasteiger partial charge in [0, 0.05) is 19.6 Å². The number of amides is 2. The average molecular weight is 267 g/mol. The Balaban J connectivity index is 1.73. The summed E-state index contributed by atoms with van der Waals surface area (Å²) in [6, 6.07) is 0.133. The molecule has 1 heterocycles. The first-order valence-corrected chi connectivity index (χ1v) is 7.93. The minimum atomic E-state index is 0.133. The zero-order chi connectivity index (χ0) is 13.7. The predicted molar refractivity (Wildman–Crippen MR) is 77.9 cm³/mol. The highest BCUT2D eigenvalue weighted by atomic mass is 16.2. The number of nitrogens with zero attached hydrogens (tertiary/aromatic N) is 1. The Morgan fingerprint density at radius 2 is 1.79 bits per heavy atom. The Morgan fingerprint density at radius 3 is 2.42 bits per heavy atom. The summed E-state index contributed by atoms with van der Waals surface area (Å²) in [6.45, 7) is 5.67. The van der Waals surface area contributed by atoms with Crippen molar-refractivity contribution in [2.45, 2.75) is 45.4 Å². The molecular formula is C15H29N3O. The maximum Gasteiger partial charge on any atom is 0.317 e. The van der Waals surface area contributed by atoms with Gasteiger partial charge in [-0.15, -0.1) is 0 Å². The molecule has 2 amide bonds. The molecule has 0 radical (unpaired) electrons. The van der Waals surface area contributed by atoms with Crippen LogP contribution in [0.3, 0.4) is 0 Å². The van der Waals surface area contributed by atoms with Gasteiger partial charge in [0.1, 0.15) is 0 Å². The molecule has 1 aliphatic heterocycles. The zero-order valence-corrected chi connectivity index (χ0v) is 12.2. The lowest BCUT2D eigenvalue weighted by atomic mass is 9.79. The molecule has 2 rings (SSSR count). The smallest absolute Gasteiger partial charge is 0.317 e. The first kappa shape index (κ1) is 14.6. The van der Waals surface area contributed by atoms with E-state index in [1.807, 2.05) is 4.90 Å². The number of nitrogens with one attached hydrogen (secondary N) is 1. The third-order valence-electron chi connectivity index (χ3n) is 4.96. The van der Waals surface area contributed by atoms with E-state index in [9.17, 15) is 4.79 Å². The van der Waals surface area contributed by atoms with Crippen LogP contribution in [0.2, 0.25) is 0 Å². The van der Waals surface area contributed by atoms with Crippen molar-refractivity contribution in [1.82, 2.24) is 10.2 Å². The van der Waals surface area contributed by atoms with Gasteiger partial charge in [-0.3, -0.25) is 0 Å². The van der Waals surface area contributed by atoms with Crippen LogP contribution in [0, 0.1) is 17.8 Å². The van der Waals surface area contributed by atoms with E-state index in [2.05, 4.69) is 12.2 Å². The van der Waals surface area contributed by atoms with Crippen LogP contribution < -0.4 is 11.1 Å². The van der Waals surface area contributed by atoms with E-state index in [0.29, 0.717) is 11.8 Å². The average Bonchev–Trinajstić information content (AvgIpc) is 2.45. The van der Waals surface area contributed by atoms with Crippen molar-refractivity contribution in [3.8, 4) is 0 Å². The van der Waals surface area contributed by atoms with Crippen molar-refractivity contribution in [3.05, 3.63) is 0 Å². The van der Waals surface area contributed by atoms with E-state index in [4.69, 9.17) is 5.73 Å². The van der Waals surface area contributed by atoms with Gasteiger partial charge in [-0.05, 0) is 50.0 Å². The standard InChI is InChI=1S/C15H29N3O/c1-12-6-8-18(9-7-12)15(19)17-11-14-5-3-2-4-13(14)10-16/h12-14H,2-11,16H2,1H3,(H,17,19). The molecule has 1 aliphatic carbocycles. The predicted octanol–water partition coefficient (Wildman–Crippen LogP) is 2.19. The number of likely N-dealkylation sites (tertiary alicyclic amines) is 1. The molecule has 0 aromatic carbocycles. The number of hydrogen-bond acceptors (Lipinski definition) is 2. The SMILES string of the molecule is CC1CCN(C(=O)NCC2CCCCC2CN)CC1. The third-order valence-corrected chi connectivity index (χ3v) is 4.96. The van der Waals surface area contributed by atoms with Crippen molar-refractivity contribution >= 4 is 6.03 Å². The number of carbonyl (C=O) groups is 1. The van der Waals surface area contributed by atoms with Crippen LogP contribution >= 0.6 is 0 Å². The molecule has 1 saturated carbocycles. The first-order valence-electron chi connectivity index (χ1n) is 7.93. The van der Waals surface area contributed by atoms with Crippen LogP contribution in [-0.4, -0.2) is 37.1 Å². The van der Waals surface area contributed by atoms with Crippen molar-refractivity contribution in [3.63, 3.8) is 0 Å². The first-order chi connectivity index (χ1) is 9.20. The fourth-order valence-electron chi connectivity index (χ4n) is 3.41. The van der Waals surface area contributed by atoms with Crippen LogP contribution in [0.1, 0.15) is 45.4 Å². The number of carbonyl (C=O) groups excluding carboxylic acids is 1. The number of urea groups is 1. The maximum atomic E-state index is 12.1. The number of nitrogens with two attached hydrogens (primary N) is 1. The van der Waals surface area contributed by atoms with Crippen molar-refractivity contribution in [2.75, 3.05) is 26.2 Å². The molecule has 2 aliphatic rings. The number of piperidine rings is 1. The topological polar surface area (TPSA) is 58.4 Å². The van der Waals surface area contributed by atoms with Gasteiger partial charge in [0.05, 0.1) is 0 Å². The fourth-order valence-corrected chi connectivity index (χ4v) is 3.41. The molecule has 0 spiro atoms. The van der Waals surface area contributed by atoms with Crippen LogP contribution in [-0.2, 0) is 0 Å². The number of rotatable bonds is 3. The summed E-state index contributed by atoms with van der Waals surface area (Å²) in [6.07, 6.45) is 7.33. The van der Waals surface area contributed by atoms with Crippen LogP contribution in [0.4, 0.5) is 4.79 Å². The van der Waals surface area contributed by atoms with Crippen molar-refractivity contribution in [2.24, 2.45) is 23.5 Å². The largest absolute Gasteiger partial charge is 0.338 e. The fraction of sp³-hybridized carbons (Fsp3) is 0.933. The molecule has 4 heteroatoms. The lowest BCUT2D eigenvalue weighted by molar-refractivity contribution is 0.166. The van der Waals surface area contributed by atoms with E-state index in [1.54, 1.807) is 0 Å². The summed E-state index contributed by atoms with van der Waals surface area (Å²) in [4.78, 5) is 14.1. The second-order valence-electron chi connectivity index (χ2n) is 6.40. The monoisotopic (exact) mass is 267 g/mol. The number of hydrogen-bond donors (Lipinski definition) is 2. The Labute approximate surface area is 117 Å². The lowest BCUT2D eigenvalue weighted by Gasteiger charge is -2.33. The second-order valence-corrected chi connectivity index (χ2v) is 6.40. The third kappa shape index (κ3) is 4.10. The molecule has 4 nitrogen and oxygen atoms in total. The van der Waals surface area contributed by atoms with Crippen molar-refractivity contribution in [1.29, 1.82) is 0 Å². The summed E-state index contributed by atoms with van der Waals surface area (Å²) in [5.74, 6) is 1.96. The molecule has 2 fully saturated rings. The molecule has 110 valence electrons. The van der Waals surface area contributed by atoms with Gasteiger partial charge >= 0.3 is 6.03 Å². The molecule has 2 atom stereocenters. The van der Waals surface area contributed by atoms with Gasteiger partial charge in [-0.25, -0.2) is 4.79 Å². The van der Waals surface area contributed by atoms with Gasteiger partial charge < -0.3 is 16.0 Å². The van der Waals surface area contributed by atoms with Crippen LogP contribution in [0.25, 0.3) is 0 Å². The summed E-state index contributed by atoms with van der Waals surface area (Å²) >= 11 is 0. The van der Waals surface area contributed by atoms with E-state index < -0.39 is 0 Å². The maximum absolute atomic E-state index is 12.1. The second kappa shape index (κ2) is 7.13. The summed E-state index contributed by atoms with van der Waals surface area (Å²) in [5, 5.41) is 3.13. The van der Waals surface area contributed by atoms with E-state index in [1.165, 1.54) is 25.7 Å². The van der Waals surface area contributed by atoms with Gasteiger partial charge in [-0.2, -0.15) is 0 Å². The molecular weight excluding hydrogens is 238 g/mol. The Morgan fingerprint density at radius 1 is 1.16 bits per heavy atom. The van der Waals surface area contributed by atoms with Gasteiger partial charge in [0.15, 0.2) is 0 Å². The molecule has 0 aromatic rings. The van der Waals surface area contributed by atoms with Gasteiger partial charge in [0.2, 0.25) is 0 Å². The Hall–Kier alpha value is -0.770. The molecule has 1 saturated heterocycles. The van der Waals surface area contributed by atoms with Gasteiger partial charge in [-0.1, -0.05) is 19.8 Å². The van der Waals surface area contributed by atoms with Gasteiger partial charge in [0.25, 0.3) is 0 Å². The van der Waals surface area contributed by atoms with Crippen molar-refractivity contribution < 1.29 is 4.79 Å². The Bertz CT molecular complexity index is 287. The normalized spacial score (nSPS) is 29.3. The molecule has 0 aromatic heterocycles. The summed E-state index contributed by atoms with van der Waals surface area (Å²) < 4.78 is 0. The molecule has 2 unspecified atom stereocenters. The van der Waals surface area contributed by atoms with Crippen LogP contribution in [0.15, 0.2) is 0 Å². The van der Waals surface area contributed by atoms with E-state index >= 15 is 0 Å². The molecule has 0 bridgehead atoms. The highest BCUT2D eigenvalue weighted by Gasteiger charge is 2.25. The highest BCUT2D eigenvalue weighted by Crippen LogP contribution is 2.28. The Kier molecular flexibility index (Phi) is 5.49. The zero-order valence-electron chi connectivity index (χ0n) is 12.2. The lowest BCUT2D eigenvalue weighted by Crippen LogP contribution is -2.46. The minimum Gasteiger partial charge on any atom is -0.338 e. The minimum absolute atomic E-state index is 0.133. The van der Waals surface area contributed by atoms with Crippen LogP contribution in [0.5, 0.6) is 0 Å². The highest BCUT2D eigenvalue weighted by molar-refractivity contribution is 5.74. The molecule has 3 N–H and O–H groups in total. The summed E-state index contributed by atoms with van der Waals surface area (Å²) in [7, 11) is 0. The molecule has 19 heavy (non-hydrogen) atoms. The van der Waals surface area contributed by atoms with E-state index in [0.717, 1.165) is 44.9 Å².